The second kappa shape index (κ2) is 7.17. The Balaban J connectivity index is 1.59. The molecule has 0 fully saturated rings. The van der Waals surface area contributed by atoms with E-state index in [0.29, 0.717) is 30.9 Å². The third kappa shape index (κ3) is 3.56. The third-order valence-electron chi connectivity index (χ3n) is 3.91. The Hall–Kier alpha value is -2.82. The standard InChI is InChI=1S/C19H19NO4/c1-2-23-19(22)13-7-9-15(10-8-13)20-18(21)11-14-12-24-17-6-4-3-5-16(14)17/h3-10,14H,2,11-12H2,1H3,(H,20,21). The molecule has 3 rings (SSSR count). The number of rotatable bonds is 5. The highest BCUT2D eigenvalue weighted by atomic mass is 16.5. The molecule has 5 heteroatoms. The Bertz CT molecular complexity index is 739. The van der Waals surface area contributed by atoms with Gasteiger partial charge in [-0.25, -0.2) is 4.79 Å². The van der Waals surface area contributed by atoms with Crippen LogP contribution < -0.4 is 10.1 Å². The SMILES string of the molecule is CCOC(=O)c1ccc(NC(=O)CC2COc3ccccc32)cc1. The Morgan fingerprint density at radius 2 is 1.92 bits per heavy atom. The monoisotopic (exact) mass is 325 g/mol. The van der Waals surface area contributed by atoms with Crippen molar-refractivity contribution < 1.29 is 19.1 Å². The van der Waals surface area contributed by atoms with Crippen molar-refractivity contribution in [1.29, 1.82) is 0 Å². The molecule has 2 aromatic rings. The number of fused-ring (bicyclic) bond motifs is 1. The lowest BCUT2D eigenvalue weighted by atomic mass is 9.97. The van der Waals surface area contributed by atoms with E-state index in [0.717, 1.165) is 11.3 Å². The molecule has 0 aromatic heterocycles. The molecule has 1 N–H and O–H groups in total. The van der Waals surface area contributed by atoms with Gasteiger partial charge in [0.1, 0.15) is 5.75 Å². The molecule has 24 heavy (non-hydrogen) atoms. The Morgan fingerprint density at radius 1 is 1.17 bits per heavy atom. The molecular formula is C19H19NO4. The molecule has 0 radical (unpaired) electrons. The van der Waals surface area contributed by atoms with Crippen LogP contribution in [0.15, 0.2) is 48.5 Å². The fraction of sp³-hybridized carbons (Fsp3) is 0.263. The molecule has 0 saturated carbocycles. The Morgan fingerprint density at radius 3 is 2.67 bits per heavy atom. The second-order valence-electron chi connectivity index (χ2n) is 5.60. The number of para-hydroxylation sites is 1. The van der Waals surface area contributed by atoms with Crippen molar-refractivity contribution in [2.45, 2.75) is 19.3 Å². The van der Waals surface area contributed by atoms with Gasteiger partial charge in [-0.2, -0.15) is 0 Å². The summed E-state index contributed by atoms with van der Waals surface area (Å²) in [6.07, 6.45) is 0.358. The van der Waals surface area contributed by atoms with E-state index in [1.54, 1.807) is 31.2 Å². The summed E-state index contributed by atoms with van der Waals surface area (Å²) >= 11 is 0. The zero-order valence-electron chi connectivity index (χ0n) is 13.5. The number of amides is 1. The van der Waals surface area contributed by atoms with Crippen LogP contribution in [-0.2, 0) is 9.53 Å². The fourth-order valence-corrected chi connectivity index (χ4v) is 2.74. The number of hydrogen-bond donors (Lipinski definition) is 1. The average molecular weight is 325 g/mol. The van der Waals surface area contributed by atoms with Gasteiger partial charge in [0.05, 0.1) is 18.8 Å². The molecule has 1 aliphatic rings. The normalized spacial score (nSPS) is 15.3. The average Bonchev–Trinajstić information content (AvgIpc) is 2.99. The van der Waals surface area contributed by atoms with E-state index in [9.17, 15) is 9.59 Å². The Labute approximate surface area is 140 Å². The van der Waals surface area contributed by atoms with Crippen LogP contribution in [0.2, 0.25) is 0 Å². The smallest absolute Gasteiger partial charge is 0.338 e. The van der Waals surface area contributed by atoms with Gasteiger partial charge in [0, 0.05) is 23.6 Å². The van der Waals surface area contributed by atoms with Crippen LogP contribution >= 0.6 is 0 Å². The lowest BCUT2D eigenvalue weighted by Crippen LogP contribution is -2.16. The highest BCUT2D eigenvalue weighted by molar-refractivity contribution is 5.93. The summed E-state index contributed by atoms with van der Waals surface area (Å²) in [6, 6.07) is 14.5. The molecule has 0 bridgehead atoms. The van der Waals surface area contributed by atoms with Crippen LogP contribution in [0.3, 0.4) is 0 Å². The van der Waals surface area contributed by atoms with Crippen LogP contribution in [0.25, 0.3) is 0 Å². The zero-order valence-corrected chi connectivity index (χ0v) is 13.5. The van der Waals surface area contributed by atoms with Crippen LogP contribution in [-0.4, -0.2) is 25.1 Å². The summed E-state index contributed by atoms with van der Waals surface area (Å²) in [5.41, 5.74) is 2.19. The maximum Gasteiger partial charge on any atom is 0.338 e. The minimum atomic E-state index is -0.366. The van der Waals surface area contributed by atoms with Crippen LogP contribution in [0.5, 0.6) is 5.75 Å². The van der Waals surface area contributed by atoms with E-state index < -0.39 is 0 Å². The molecule has 1 aliphatic heterocycles. The zero-order chi connectivity index (χ0) is 16.9. The first-order valence-electron chi connectivity index (χ1n) is 7.96. The number of ether oxygens (including phenoxy) is 2. The first-order valence-corrected chi connectivity index (χ1v) is 7.96. The van der Waals surface area contributed by atoms with Gasteiger partial charge in [-0.1, -0.05) is 18.2 Å². The van der Waals surface area contributed by atoms with Gasteiger partial charge >= 0.3 is 5.97 Å². The molecule has 0 spiro atoms. The minimum Gasteiger partial charge on any atom is -0.493 e. The van der Waals surface area contributed by atoms with E-state index in [2.05, 4.69) is 5.32 Å². The van der Waals surface area contributed by atoms with E-state index >= 15 is 0 Å². The summed E-state index contributed by atoms with van der Waals surface area (Å²) in [5, 5.41) is 2.85. The quantitative estimate of drug-likeness (QED) is 0.856. The van der Waals surface area contributed by atoms with Crippen molar-refractivity contribution in [3.63, 3.8) is 0 Å². The van der Waals surface area contributed by atoms with E-state index in [-0.39, 0.29) is 17.8 Å². The van der Waals surface area contributed by atoms with Crippen LogP contribution in [0, 0.1) is 0 Å². The number of carbonyl (C=O) groups is 2. The van der Waals surface area contributed by atoms with Gasteiger partial charge in [0.15, 0.2) is 0 Å². The number of benzene rings is 2. The molecule has 1 atom stereocenters. The van der Waals surface area contributed by atoms with Gasteiger partial charge in [-0.05, 0) is 37.3 Å². The molecule has 1 amide bonds. The molecule has 2 aromatic carbocycles. The van der Waals surface area contributed by atoms with Crippen molar-refractivity contribution in [1.82, 2.24) is 0 Å². The lowest BCUT2D eigenvalue weighted by Gasteiger charge is -2.10. The molecular weight excluding hydrogens is 306 g/mol. The maximum atomic E-state index is 12.2. The van der Waals surface area contributed by atoms with Crippen LogP contribution in [0.4, 0.5) is 5.69 Å². The maximum absolute atomic E-state index is 12.2. The summed E-state index contributed by atoms with van der Waals surface area (Å²) in [5.74, 6) is 0.480. The summed E-state index contributed by atoms with van der Waals surface area (Å²) < 4.78 is 10.5. The van der Waals surface area contributed by atoms with E-state index in [4.69, 9.17) is 9.47 Å². The molecule has 1 unspecified atom stereocenters. The third-order valence-corrected chi connectivity index (χ3v) is 3.91. The van der Waals surface area contributed by atoms with Crippen molar-refractivity contribution in [2.75, 3.05) is 18.5 Å². The van der Waals surface area contributed by atoms with Gasteiger partial charge in [-0.15, -0.1) is 0 Å². The molecule has 0 aliphatic carbocycles. The van der Waals surface area contributed by atoms with Gasteiger partial charge in [0.25, 0.3) is 0 Å². The predicted molar refractivity (Wildman–Crippen MR) is 90.3 cm³/mol. The largest absolute Gasteiger partial charge is 0.493 e. The number of nitrogens with one attached hydrogen (secondary N) is 1. The first-order chi connectivity index (χ1) is 11.7. The highest BCUT2D eigenvalue weighted by Crippen LogP contribution is 2.35. The van der Waals surface area contributed by atoms with Crippen molar-refractivity contribution >= 4 is 17.6 Å². The van der Waals surface area contributed by atoms with Gasteiger partial charge < -0.3 is 14.8 Å². The summed E-state index contributed by atoms with van der Waals surface area (Å²) in [6.45, 7) is 2.62. The predicted octanol–water partition coefficient (Wildman–Crippen LogP) is 3.37. The Kier molecular flexibility index (Phi) is 4.79. The van der Waals surface area contributed by atoms with Gasteiger partial charge in [0.2, 0.25) is 5.91 Å². The summed E-state index contributed by atoms with van der Waals surface area (Å²) in [7, 11) is 0. The summed E-state index contributed by atoms with van der Waals surface area (Å²) in [4.78, 5) is 23.8. The topological polar surface area (TPSA) is 64.6 Å². The van der Waals surface area contributed by atoms with Gasteiger partial charge in [-0.3, -0.25) is 4.79 Å². The van der Waals surface area contributed by atoms with Crippen molar-refractivity contribution in [3.05, 3.63) is 59.7 Å². The molecule has 124 valence electrons. The number of carbonyl (C=O) groups excluding carboxylic acids is 2. The number of anilines is 1. The first kappa shape index (κ1) is 16.1. The van der Waals surface area contributed by atoms with Crippen LogP contribution in [0.1, 0.15) is 35.2 Å². The van der Waals surface area contributed by atoms with Crippen molar-refractivity contribution in [2.24, 2.45) is 0 Å². The number of hydrogen-bond acceptors (Lipinski definition) is 4. The lowest BCUT2D eigenvalue weighted by molar-refractivity contribution is -0.116. The van der Waals surface area contributed by atoms with E-state index in [1.807, 2.05) is 24.3 Å². The fourth-order valence-electron chi connectivity index (χ4n) is 2.74. The molecule has 0 saturated heterocycles. The second-order valence-corrected chi connectivity index (χ2v) is 5.60. The number of esters is 1. The molecule has 1 heterocycles. The van der Waals surface area contributed by atoms with E-state index in [1.165, 1.54) is 0 Å². The highest BCUT2D eigenvalue weighted by Gasteiger charge is 2.25. The van der Waals surface area contributed by atoms with Crippen molar-refractivity contribution in [3.8, 4) is 5.75 Å². The minimum absolute atomic E-state index is 0.0694. The molecule has 5 nitrogen and oxygen atoms in total.